The second-order valence-electron chi connectivity index (χ2n) is 6.43. The predicted octanol–water partition coefficient (Wildman–Crippen LogP) is 2.25. The van der Waals surface area contributed by atoms with Gasteiger partial charge in [0.1, 0.15) is 5.75 Å². The predicted molar refractivity (Wildman–Crippen MR) is 100 cm³/mol. The number of anilines is 1. The Balaban J connectivity index is 1.37. The molecule has 1 aliphatic heterocycles. The van der Waals surface area contributed by atoms with Crippen molar-refractivity contribution in [1.82, 2.24) is 25.3 Å². The fourth-order valence-electron chi connectivity index (χ4n) is 3.18. The Morgan fingerprint density at radius 2 is 1.89 bits per heavy atom. The molecule has 0 unspecified atom stereocenters. The van der Waals surface area contributed by atoms with Gasteiger partial charge in [-0.25, -0.2) is 0 Å². The number of aromatic nitrogens is 4. The lowest BCUT2D eigenvalue weighted by Gasteiger charge is -2.21. The molecule has 8 heteroatoms. The first-order valence-corrected chi connectivity index (χ1v) is 9.03. The normalized spacial score (nSPS) is 15.5. The fraction of sp³-hybridized carbons (Fsp3) is 0.368. The van der Waals surface area contributed by atoms with Crippen LogP contribution in [-0.4, -0.2) is 58.6 Å². The molecule has 3 aromatic rings. The van der Waals surface area contributed by atoms with E-state index in [1.54, 1.807) is 13.3 Å². The van der Waals surface area contributed by atoms with Crippen LogP contribution in [-0.2, 0) is 6.54 Å². The Kier molecular flexibility index (Phi) is 5.24. The summed E-state index contributed by atoms with van der Waals surface area (Å²) in [5.74, 6) is 2.90. The summed E-state index contributed by atoms with van der Waals surface area (Å²) >= 11 is 0. The maximum atomic E-state index is 5.86. The van der Waals surface area contributed by atoms with Gasteiger partial charge in [-0.2, -0.15) is 5.10 Å². The average molecular weight is 366 g/mol. The van der Waals surface area contributed by atoms with Crippen LogP contribution < -0.4 is 9.64 Å². The molecule has 2 aromatic heterocycles. The minimum absolute atomic E-state index is 0.531. The Labute approximate surface area is 157 Å². The highest BCUT2D eigenvalue weighted by Crippen LogP contribution is 2.22. The van der Waals surface area contributed by atoms with Gasteiger partial charge >= 0.3 is 0 Å². The van der Waals surface area contributed by atoms with Crippen molar-refractivity contribution in [2.24, 2.45) is 0 Å². The zero-order valence-electron chi connectivity index (χ0n) is 15.3. The van der Waals surface area contributed by atoms with Crippen LogP contribution in [0.2, 0.25) is 0 Å². The molecular weight excluding hydrogens is 344 g/mol. The second-order valence-corrected chi connectivity index (χ2v) is 6.43. The third-order valence-electron chi connectivity index (χ3n) is 4.63. The van der Waals surface area contributed by atoms with Crippen LogP contribution in [0.25, 0.3) is 11.5 Å². The fourth-order valence-corrected chi connectivity index (χ4v) is 3.18. The lowest BCUT2D eigenvalue weighted by atomic mass is 10.2. The summed E-state index contributed by atoms with van der Waals surface area (Å²) in [5, 5.41) is 16.6. The maximum Gasteiger partial charge on any atom is 0.247 e. The zero-order valence-corrected chi connectivity index (χ0v) is 15.3. The van der Waals surface area contributed by atoms with E-state index < -0.39 is 0 Å². The van der Waals surface area contributed by atoms with Gasteiger partial charge in [-0.1, -0.05) is 0 Å². The van der Waals surface area contributed by atoms with Crippen LogP contribution >= 0.6 is 0 Å². The van der Waals surface area contributed by atoms with Crippen LogP contribution in [0.1, 0.15) is 12.3 Å². The molecule has 1 aromatic carbocycles. The van der Waals surface area contributed by atoms with Crippen LogP contribution in [0, 0.1) is 0 Å². The number of hydrogen-bond acceptors (Lipinski definition) is 8. The molecule has 0 radical (unpaired) electrons. The number of benzene rings is 1. The van der Waals surface area contributed by atoms with Gasteiger partial charge in [0.05, 0.1) is 13.7 Å². The van der Waals surface area contributed by atoms with Crippen molar-refractivity contribution in [2.75, 3.05) is 38.2 Å². The molecule has 27 heavy (non-hydrogen) atoms. The smallest absolute Gasteiger partial charge is 0.247 e. The van der Waals surface area contributed by atoms with Crippen molar-refractivity contribution in [2.45, 2.75) is 13.0 Å². The molecule has 140 valence electrons. The molecule has 0 N–H and O–H groups in total. The molecule has 0 bridgehead atoms. The first-order valence-electron chi connectivity index (χ1n) is 9.03. The monoisotopic (exact) mass is 366 g/mol. The number of ether oxygens (including phenoxy) is 1. The van der Waals surface area contributed by atoms with Crippen LogP contribution in [0.15, 0.2) is 47.0 Å². The summed E-state index contributed by atoms with van der Waals surface area (Å²) in [6.45, 7) is 4.42. The summed E-state index contributed by atoms with van der Waals surface area (Å²) in [5.41, 5.74) is 0.888. The van der Waals surface area contributed by atoms with Gasteiger partial charge < -0.3 is 14.1 Å². The SMILES string of the molecule is COc1ccc(-c2nnc(CN3CCCN(c4cccnn4)CC3)o2)cc1. The first-order chi connectivity index (χ1) is 13.3. The average Bonchev–Trinajstić information content (AvgIpc) is 3.06. The molecule has 0 amide bonds. The molecule has 0 aliphatic carbocycles. The van der Waals surface area contributed by atoms with Gasteiger partial charge in [0.2, 0.25) is 11.8 Å². The Hall–Kier alpha value is -3.00. The number of nitrogens with zero attached hydrogens (tertiary/aromatic N) is 6. The maximum absolute atomic E-state index is 5.86. The van der Waals surface area contributed by atoms with Crippen LogP contribution in [0.3, 0.4) is 0 Å². The molecule has 0 spiro atoms. The zero-order chi connectivity index (χ0) is 18.5. The van der Waals surface area contributed by atoms with Crippen molar-refractivity contribution in [1.29, 1.82) is 0 Å². The van der Waals surface area contributed by atoms with Gasteiger partial charge in [-0.3, -0.25) is 4.90 Å². The molecule has 8 nitrogen and oxygen atoms in total. The van der Waals surface area contributed by atoms with E-state index in [1.165, 1.54) is 0 Å². The molecule has 4 rings (SSSR count). The molecule has 0 atom stereocenters. The highest BCUT2D eigenvalue weighted by molar-refractivity contribution is 5.53. The van der Waals surface area contributed by atoms with Crippen LogP contribution in [0.5, 0.6) is 5.75 Å². The number of methoxy groups -OCH3 is 1. The van der Waals surface area contributed by atoms with E-state index in [2.05, 4.69) is 30.2 Å². The Morgan fingerprint density at radius 1 is 1.00 bits per heavy atom. The van der Waals surface area contributed by atoms with Gasteiger partial charge in [-0.05, 0) is 42.8 Å². The van der Waals surface area contributed by atoms with Crippen molar-refractivity contribution in [3.8, 4) is 17.2 Å². The molecule has 1 aliphatic rings. The molecule has 1 fully saturated rings. The van der Waals surface area contributed by atoms with Crippen molar-refractivity contribution < 1.29 is 9.15 Å². The van der Waals surface area contributed by atoms with Gasteiger partial charge in [0.25, 0.3) is 0 Å². The summed E-state index contributed by atoms with van der Waals surface area (Å²) in [6.07, 6.45) is 2.75. The quantitative estimate of drug-likeness (QED) is 0.680. The number of rotatable bonds is 5. The minimum Gasteiger partial charge on any atom is -0.497 e. The molecule has 1 saturated heterocycles. The molecule has 0 saturated carbocycles. The third kappa shape index (κ3) is 4.22. The standard InChI is InChI=1S/C19H22N6O2/c1-26-16-7-5-15(6-8-16)19-23-22-18(27-19)14-24-10-3-11-25(13-12-24)17-4-2-9-20-21-17/h2,4-9H,3,10-14H2,1H3. The van der Waals surface area contributed by atoms with Gasteiger partial charge in [-0.15, -0.1) is 15.3 Å². The third-order valence-corrected chi connectivity index (χ3v) is 4.63. The Bertz CT molecular complexity index is 852. The minimum atomic E-state index is 0.531. The van der Waals surface area contributed by atoms with E-state index in [4.69, 9.17) is 9.15 Å². The van der Waals surface area contributed by atoms with E-state index in [0.29, 0.717) is 18.3 Å². The van der Waals surface area contributed by atoms with Crippen molar-refractivity contribution >= 4 is 5.82 Å². The summed E-state index contributed by atoms with van der Waals surface area (Å²) < 4.78 is 11.0. The first kappa shape index (κ1) is 17.4. The van der Waals surface area contributed by atoms with Gasteiger partial charge in [0.15, 0.2) is 5.82 Å². The molecule has 3 heterocycles. The lowest BCUT2D eigenvalue weighted by molar-refractivity contribution is 0.256. The van der Waals surface area contributed by atoms with E-state index in [9.17, 15) is 0 Å². The van der Waals surface area contributed by atoms with E-state index in [-0.39, 0.29) is 0 Å². The van der Waals surface area contributed by atoms with Crippen molar-refractivity contribution in [3.05, 3.63) is 48.5 Å². The van der Waals surface area contributed by atoms with E-state index in [0.717, 1.165) is 49.7 Å². The summed E-state index contributed by atoms with van der Waals surface area (Å²) in [7, 11) is 1.65. The highest BCUT2D eigenvalue weighted by Gasteiger charge is 2.18. The second kappa shape index (κ2) is 8.13. The van der Waals surface area contributed by atoms with Crippen LogP contribution in [0.4, 0.5) is 5.82 Å². The molecular formula is C19H22N6O2. The topological polar surface area (TPSA) is 80.4 Å². The summed E-state index contributed by atoms with van der Waals surface area (Å²) in [6, 6.07) is 11.5. The van der Waals surface area contributed by atoms with Crippen molar-refractivity contribution in [3.63, 3.8) is 0 Å². The summed E-state index contributed by atoms with van der Waals surface area (Å²) in [4.78, 5) is 4.60. The largest absolute Gasteiger partial charge is 0.497 e. The highest BCUT2D eigenvalue weighted by atomic mass is 16.5. The number of hydrogen-bond donors (Lipinski definition) is 0. The Morgan fingerprint density at radius 3 is 2.67 bits per heavy atom. The lowest BCUT2D eigenvalue weighted by Crippen LogP contribution is -2.31. The van der Waals surface area contributed by atoms with E-state index >= 15 is 0 Å². The van der Waals surface area contributed by atoms with E-state index in [1.807, 2.05) is 36.4 Å². The van der Waals surface area contributed by atoms with Gasteiger partial charge in [0, 0.05) is 37.9 Å².